The zero-order valence-electron chi connectivity index (χ0n) is 6.57. The van der Waals surface area contributed by atoms with Crippen molar-refractivity contribution >= 4 is 23.4 Å². The lowest BCUT2D eigenvalue weighted by Crippen LogP contribution is -1.99. The van der Waals surface area contributed by atoms with Gasteiger partial charge in [0.2, 0.25) is 0 Å². The molecule has 0 N–H and O–H groups in total. The highest BCUT2D eigenvalue weighted by Crippen LogP contribution is 2.37. The van der Waals surface area contributed by atoms with E-state index in [9.17, 15) is 13.2 Å². The normalized spacial score (nSPS) is 11.8. The first-order valence-corrected chi connectivity index (χ1v) is 4.51. The molecule has 0 atom stereocenters. The Morgan fingerprint density at radius 2 is 2.00 bits per heavy atom. The Morgan fingerprint density at radius 1 is 1.38 bits per heavy atom. The van der Waals surface area contributed by atoms with Crippen LogP contribution in [0.1, 0.15) is 5.56 Å². The van der Waals surface area contributed by atoms with Crippen LogP contribution >= 0.6 is 23.4 Å². The first kappa shape index (κ1) is 10.7. The minimum absolute atomic E-state index is 0.00231. The van der Waals surface area contributed by atoms with E-state index in [-0.39, 0.29) is 16.7 Å². The van der Waals surface area contributed by atoms with Crippen molar-refractivity contribution < 1.29 is 13.2 Å². The van der Waals surface area contributed by atoms with E-state index in [1.807, 2.05) is 0 Å². The van der Waals surface area contributed by atoms with Gasteiger partial charge in [-0.05, 0) is 42.4 Å². The summed E-state index contributed by atoms with van der Waals surface area (Å²) in [5.74, 6) is 0. The molecule has 0 saturated heterocycles. The lowest BCUT2D eigenvalue weighted by molar-refractivity contribution is -0.0328. The minimum atomic E-state index is -4.28. The molecule has 1 radical (unpaired) electrons. The molecular formula is C8H5ClF3S. The van der Waals surface area contributed by atoms with Gasteiger partial charge in [0.05, 0.1) is 0 Å². The molecule has 0 aliphatic heterocycles. The summed E-state index contributed by atoms with van der Waals surface area (Å²) in [6.07, 6.45) is 0. The Kier molecular flexibility index (Phi) is 3.14. The molecule has 5 heteroatoms. The molecule has 1 rings (SSSR count). The topological polar surface area (TPSA) is 0 Å². The summed E-state index contributed by atoms with van der Waals surface area (Å²) in [7, 11) is 0. The molecule has 0 amide bonds. The molecule has 13 heavy (non-hydrogen) atoms. The van der Waals surface area contributed by atoms with E-state index in [0.29, 0.717) is 10.6 Å². The van der Waals surface area contributed by atoms with Crippen molar-refractivity contribution in [2.45, 2.75) is 17.3 Å². The van der Waals surface area contributed by atoms with Crippen LogP contribution in [0.5, 0.6) is 0 Å². The number of hydrogen-bond donors (Lipinski definition) is 0. The van der Waals surface area contributed by atoms with Crippen LogP contribution < -0.4 is 0 Å². The molecule has 0 spiro atoms. The molecule has 0 aromatic heterocycles. The zero-order valence-corrected chi connectivity index (χ0v) is 8.15. The van der Waals surface area contributed by atoms with Gasteiger partial charge in [0, 0.05) is 9.92 Å². The highest BCUT2D eigenvalue weighted by molar-refractivity contribution is 8.00. The van der Waals surface area contributed by atoms with Gasteiger partial charge in [-0.3, -0.25) is 0 Å². The average Bonchev–Trinajstić information content (AvgIpc) is 1.78. The average molecular weight is 226 g/mol. The highest BCUT2D eigenvalue weighted by Gasteiger charge is 2.29. The SMILES string of the molecule is Cc1[c]c(SC(F)(F)F)cc(Cl)c1. The maximum absolute atomic E-state index is 11.9. The maximum atomic E-state index is 11.9. The lowest BCUT2D eigenvalue weighted by Gasteiger charge is -2.05. The van der Waals surface area contributed by atoms with Crippen LogP contribution in [0.4, 0.5) is 13.2 Å². The van der Waals surface area contributed by atoms with E-state index in [1.165, 1.54) is 6.07 Å². The third-order valence-electron chi connectivity index (χ3n) is 1.17. The molecular weight excluding hydrogens is 221 g/mol. The number of halogens is 4. The van der Waals surface area contributed by atoms with E-state index in [4.69, 9.17) is 11.6 Å². The fraction of sp³-hybridized carbons (Fsp3) is 0.250. The zero-order chi connectivity index (χ0) is 10.1. The Balaban J connectivity index is 2.90. The van der Waals surface area contributed by atoms with Gasteiger partial charge in [-0.25, -0.2) is 0 Å². The van der Waals surface area contributed by atoms with E-state index < -0.39 is 5.51 Å². The van der Waals surface area contributed by atoms with Crippen LogP contribution in [0.15, 0.2) is 17.0 Å². The molecule has 1 aromatic rings. The Hall–Kier alpha value is -0.350. The summed E-state index contributed by atoms with van der Waals surface area (Å²) < 4.78 is 35.7. The first-order valence-electron chi connectivity index (χ1n) is 3.32. The fourth-order valence-electron chi connectivity index (χ4n) is 0.820. The molecule has 0 bridgehead atoms. The molecule has 71 valence electrons. The van der Waals surface area contributed by atoms with Gasteiger partial charge in [-0.2, -0.15) is 13.2 Å². The lowest BCUT2D eigenvalue weighted by atomic mass is 10.2. The monoisotopic (exact) mass is 225 g/mol. The Labute approximate surface area is 83.1 Å². The van der Waals surface area contributed by atoms with E-state index in [1.54, 1.807) is 13.0 Å². The van der Waals surface area contributed by atoms with Gasteiger partial charge < -0.3 is 0 Å². The van der Waals surface area contributed by atoms with Crippen molar-refractivity contribution in [3.8, 4) is 0 Å². The highest BCUT2D eigenvalue weighted by atomic mass is 35.5. The van der Waals surface area contributed by atoms with Crippen molar-refractivity contribution in [2.24, 2.45) is 0 Å². The quantitative estimate of drug-likeness (QED) is 0.650. The van der Waals surface area contributed by atoms with Crippen molar-refractivity contribution in [3.63, 3.8) is 0 Å². The number of aryl methyl sites for hydroxylation is 1. The minimum Gasteiger partial charge on any atom is -0.160 e. The number of thioether (sulfide) groups is 1. The number of alkyl halides is 3. The molecule has 0 aliphatic carbocycles. The fourth-order valence-corrected chi connectivity index (χ4v) is 1.80. The van der Waals surface area contributed by atoms with Crippen LogP contribution in [0.25, 0.3) is 0 Å². The number of hydrogen-bond acceptors (Lipinski definition) is 1. The van der Waals surface area contributed by atoms with Crippen LogP contribution in [-0.4, -0.2) is 5.51 Å². The third kappa shape index (κ3) is 3.91. The van der Waals surface area contributed by atoms with E-state index >= 15 is 0 Å². The summed E-state index contributed by atoms with van der Waals surface area (Å²) >= 11 is 5.37. The summed E-state index contributed by atoms with van der Waals surface area (Å²) in [6.45, 7) is 1.65. The maximum Gasteiger partial charge on any atom is 0.446 e. The third-order valence-corrected chi connectivity index (χ3v) is 2.06. The van der Waals surface area contributed by atoms with Gasteiger partial charge in [-0.1, -0.05) is 11.6 Å². The Morgan fingerprint density at radius 3 is 2.46 bits per heavy atom. The second-order valence-electron chi connectivity index (χ2n) is 2.39. The van der Waals surface area contributed by atoms with Gasteiger partial charge in [-0.15, -0.1) is 0 Å². The molecule has 0 fully saturated rings. The largest absolute Gasteiger partial charge is 0.446 e. The summed E-state index contributed by atoms with van der Waals surface area (Å²) in [4.78, 5) is -0.00231. The standard InChI is InChI=1S/C8H5ClF3S/c1-5-2-6(9)4-7(3-5)13-8(10,11)12/h2,4H,1H3. The van der Waals surface area contributed by atoms with Crippen molar-refractivity contribution in [1.82, 2.24) is 0 Å². The van der Waals surface area contributed by atoms with Crippen molar-refractivity contribution in [1.29, 1.82) is 0 Å². The summed E-state index contributed by atoms with van der Waals surface area (Å²) in [5.41, 5.74) is -3.69. The van der Waals surface area contributed by atoms with Gasteiger partial charge >= 0.3 is 5.51 Å². The van der Waals surface area contributed by atoms with Gasteiger partial charge in [0.1, 0.15) is 0 Å². The smallest absolute Gasteiger partial charge is 0.160 e. The summed E-state index contributed by atoms with van der Waals surface area (Å²) in [5, 5.41) is 0.294. The molecule has 0 heterocycles. The molecule has 0 aliphatic rings. The van der Waals surface area contributed by atoms with Crippen LogP contribution in [-0.2, 0) is 0 Å². The van der Waals surface area contributed by atoms with Crippen molar-refractivity contribution in [3.05, 3.63) is 28.8 Å². The number of rotatable bonds is 1. The van der Waals surface area contributed by atoms with Gasteiger partial charge in [0.15, 0.2) is 0 Å². The second-order valence-corrected chi connectivity index (χ2v) is 3.94. The predicted molar refractivity (Wildman–Crippen MR) is 46.9 cm³/mol. The van der Waals surface area contributed by atoms with E-state index in [2.05, 4.69) is 6.07 Å². The predicted octanol–water partition coefficient (Wildman–Crippen LogP) is 4.06. The molecule has 0 nitrogen and oxygen atoms in total. The number of benzene rings is 1. The Bertz CT molecular complexity index is 288. The van der Waals surface area contributed by atoms with Crippen molar-refractivity contribution in [2.75, 3.05) is 0 Å². The van der Waals surface area contributed by atoms with Gasteiger partial charge in [0.25, 0.3) is 0 Å². The first-order chi connectivity index (χ1) is 5.87. The summed E-state index contributed by atoms with van der Waals surface area (Å²) in [6, 6.07) is 5.36. The molecule has 1 aromatic carbocycles. The molecule has 0 saturated carbocycles. The van der Waals surface area contributed by atoms with Crippen LogP contribution in [0, 0.1) is 13.0 Å². The van der Waals surface area contributed by atoms with Crippen LogP contribution in [0.2, 0.25) is 5.02 Å². The molecule has 0 unspecified atom stereocenters. The second kappa shape index (κ2) is 3.80. The van der Waals surface area contributed by atoms with E-state index in [0.717, 1.165) is 0 Å². The van der Waals surface area contributed by atoms with Crippen LogP contribution in [0.3, 0.4) is 0 Å².